The molecule has 0 aliphatic heterocycles. The van der Waals surface area contributed by atoms with Crippen molar-refractivity contribution >= 4 is 23.5 Å². The van der Waals surface area contributed by atoms with E-state index in [9.17, 15) is 9.90 Å². The lowest BCUT2D eigenvalue weighted by atomic mass is 10.1. The fraction of sp³-hybridized carbons (Fsp3) is 0.167. The van der Waals surface area contributed by atoms with E-state index in [0.717, 1.165) is 5.56 Å². The minimum atomic E-state index is -0.676. The number of hydrogen-bond donors (Lipinski definition) is 1. The Balaban J connectivity index is 1.93. The first-order chi connectivity index (χ1) is 10.7. The van der Waals surface area contributed by atoms with E-state index in [-0.39, 0.29) is 18.3 Å². The number of aliphatic hydroxyl groups excluding tert-OH is 1. The Bertz CT molecular complexity index is 621. The van der Waals surface area contributed by atoms with Crippen molar-refractivity contribution < 1.29 is 14.6 Å². The number of benzene rings is 2. The van der Waals surface area contributed by atoms with Crippen LogP contribution in [0.25, 0.3) is 6.08 Å². The van der Waals surface area contributed by atoms with Crippen molar-refractivity contribution in [2.45, 2.75) is 6.10 Å². The molecule has 0 saturated carbocycles. The second kappa shape index (κ2) is 8.37. The van der Waals surface area contributed by atoms with Crippen LogP contribution in [0.2, 0.25) is 0 Å². The van der Waals surface area contributed by atoms with Crippen LogP contribution in [-0.4, -0.2) is 29.5 Å². The molecule has 0 radical (unpaired) electrons. The molecule has 114 valence electrons. The molecule has 4 heteroatoms. The molecule has 0 spiro atoms. The second-order valence-electron chi connectivity index (χ2n) is 4.75. The zero-order valence-corrected chi connectivity index (χ0v) is 12.7. The Kier molecular flexibility index (Phi) is 6.19. The summed E-state index contributed by atoms with van der Waals surface area (Å²) in [6.07, 6.45) is 2.62. The molecule has 0 amide bonds. The molecule has 0 heterocycles. The molecule has 0 aromatic heterocycles. The number of halogens is 1. The van der Waals surface area contributed by atoms with Gasteiger partial charge in [0.25, 0.3) is 0 Å². The average Bonchev–Trinajstić information content (AvgIpc) is 2.59. The van der Waals surface area contributed by atoms with Crippen LogP contribution in [0.3, 0.4) is 0 Å². The summed E-state index contributed by atoms with van der Waals surface area (Å²) in [6, 6.07) is 16.4. The van der Waals surface area contributed by atoms with Crippen LogP contribution in [0, 0.1) is 0 Å². The molecule has 0 aliphatic carbocycles. The molecule has 2 aromatic rings. The van der Waals surface area contributed by atoms with Crippen molar-refractivity contribution in [2.75, 3.05) is 12.5 Å². The molecule has 2 aromatic carbocycles. The molecule has 1 N–H and O–H groups in total. The third kappa shape index (κ3) is 5.02. The largest absolute Gasteiger partial charge is 0.491 e. The summed E-state index contributed by atoms with van der Waals surface area (Å²) in [5.41, 5.74) is 1.56. The van der Waals surface area contributed by atoms with E-state index in [1.54, 1.807) is 36.4 Å². The first-order valence-electron chi connectivity index (χ1n) is 6.93. The van der Waals surface area contributed by atoms with Gasteiger partial charge in [-0.05, 0) is 23.8 Å². The topological polar surface area (TPSA) is 46.5 Å². The normalized spacial score (nSPS) is 12.3. The number of alkyl halides is 1. The molecule has 2 rings (SSSR count). The number of aliphatic hydroxyl groups is 1. The summed E-state index contributed by atoms with van der Waals surface area (Å²) in [4.78, 5) is 11.9. The minimum absolute atomic E-state index is 0.0360. The van der Waals surface area contributed by atoms with Gasteiger partial charge in [-0.15, -0.1) is 11.6 Å². The zero-order valence-electron chi connectivity index (χ0n) is 12.0. The van der Waals surface area contributed by atoms with Crippen molar-refractivity contribution in [1.29, 1.82) is 0 Å². The van der Waals surface area contributed by atoms with Gasteiger partial charge < -0.3 is 9.84 Å². The third-order valence-corrected chi connectivity index (χ3v) is 3.34. The van der Waals surface area contributed by atoms with Gasteiger partial charge in [0.05, 0.1) is 5.88 Å². The van der Waals surface area contributed by atoms with E-state index in [1.165, 1.54) is 0 Å². The molecule has 0 unspecified atom stereocenters. The Morgan fingerprint density at radius 1 is 1.14 bits per heavy atom. The lowest BCUT2D eigenvalue weighted by Gasteiger charge is -2.09. The molecule has 0 saturated heterocycles. The van der Waals surface area contributed by atoms with Gasteiger partial charge in [-0.3, -0.25) is 4.79 Å². The van der Waals surface area contributed by atoms with Gasteiger partial charge in [0.1, 0.15) is 18.5 Å². The SMILES string of the molecule is O=C(C=Cc1ccc(OC[C@H](O)CCl)cc1)c1ccccc1. The summed E-state index contributed by atoms with van der Waals surface area (Å²) >= 11 is 5.49. The number of ketones is 1. The van der Waals surface area contributed by atoms with E-state index in [1.807, 2.05) is 30.3 Å². The highest BCUT2D eigenvalue weighted by Crippen LogP contribution is 2.14. The van der Waals surface area contributed by atoms with Crippen molar-refractivity contribution in [3.63, 3.8) is 0 Å². The predicted octanol–water partition coefficient (Wildman–Crippen LogP) is 3.56. The lowest BCUT2D eigenvalue weighted by molar-refractivity contribution is 0.104. The predicted molar refractivity (Wildman–Crippen MR) is 88.5 cm³/mol. The third-order valence-electron chi connectivity index (χ3n) is 2.99. The molecule has 0 fully saturated rings. The fourth-order valence-electron chi connectivity index (χ4n) is 1.78. The molecular formula is C18H17ClO3. The number of carbonyl (C=O) groups is 1. The van der Waals surface area contributed by atoms with Gasteiger partial charge in [0, 0.05) is 5.56 Å². The standard InChI is InChI=1S/C18H17ClO3/c19-12-16(20)13-22-17-9-6-14(7-10-17)8-11-18(21)15-4-2-1-3-5-15/h1-11,16,20H,12-13H2/t16-/m1/s1. The maximum absolute atomic E-state index is 11.9. The van der Waals surface area contributed by atoms with Gasteiger partial charge in [-0.2, -0.15) is 0 Å². The molecule has 0 bridgehead atoms. The van der Waals surface area contributed by atoms with Gasteiger partial charge in [0.15, 0.2) is 5.78 Å². The highest BCUT2D eigenvalue weighted by molar-refractivity contribution is 6.18. The Labute approximate surface area is 134 Å². The molecule has 0 aliphatic rings. The summed E-state index contributed by atoms with van der Waals surface area (Å²) in [5.74, 6) is 0.754. The van der Waals surface area contributed by atoms with Crippen molar-refractivity contribution in [3.05, 3.63) is 71.8 Å². The monoisotopic (exact) mass is 316 g/mol. The fourth-order valence-corrected chi connectivity index (χ4v) is 1.87. The van der Waals surface area contributed by atoms with Gasteiger partial charge in [0.2, 0.25) is 0 Å². The van der Waals surface area contributed by atoms with Crippen LogP contribution in [-0.2, 0) is 0 Å². The molecule has 3 nitrogen and oxygen atoms in total. The van der Waals surface area contributed by atoms with Gasteiger partial charge in [-0.1, -0.05) is 48.5 Å². The number of allylic oxidation sites excluding steroid dienone is 1. The Hall–Kier alpha value is -2.10. The second-order valence-corrected chi connectivity index (χ2v) is 5.06. The molecule has 22 heavy (non-hydrogen) atoms. The summed E-state index contributed by atoms with van der Waals surface area (Å²) in [7, 11) is 0. The van der Waals surface area contributed by atoms with Crippen LogP contribution >= 0.6 is 11.6 Å². The van der Waals surface area contributed by atoms with E-state index in [4.69, 9.17) is 16.3 Å². The van der Waals surface area contributed by atoms with Crippen LogP contribution in [0.15, 0.2) is 60.7 Å². The Morgan fingerprint density at radius 2 is 1.82 bits per heavy atom. The molecular weight excluding hydrogens is 300 g/mol. The van der Waals surface area contributed by atoms with E-state index >= 15 is 0 Å². The van der Waals surface area contributed by atoms with Crippen LogP contribution < -0.4 is 4.74 Å². The highest BCUT2D eigenvalue weighted by atomic mass is 35.5. The number of ether oxygens (including phenoxy) is 1. The number of rotatable bonds is 7. The lowest BCUT2D eigenvalue weighted by Crippen LogP contribution is -2.18. The first kappa shape index (κ1) is 16.3. The van der Waals surface area contributed by atoms with Crippen molar-refractivity contribution in [1.82, 2.24) is 0 Å². The van der Waals surface area contributed by atoms with Crippen LogP contribution in [0.1, 0.15) is 15.9 Å². The van der Waals surface area contributed by atoms with Gasteiger partial charge in [-0.25, -0.2) is 0 Å². The van der Waals surface area contributed by atoms with Crippen LogP contribution in [0.5, 0.6) is 5.75 Å². The van der Waals surface area contributed by atoms with Crippen LogP contribution in [0.4, 0.5) is 0 Å². The minimum Gasteiger partial charge on any atom is -0.491 e. The van der Waals surface area contributed by atoms with Crippen molar-refractivity contribution in [2.24, 2.45) is 0 Å². The van der Waals surface area contributed by atoms with E-state index in [0.29, 0.717) is 11.3 Å². The number of hydrogen-bond acceptors (Lipinski definition) is 3. The van der Waals surface area contributed by atoms with Gasteiger partial charge >= 0.3 is 0 Å². The Morgan fingerprint density at radius 3 is 2.45 bits per heavy atom. The average molecular weight is 317 g/mol. The van der Waals surface area contributed by atoms with Crippen molar-refractivity contribution in [3.8, 4) is 5.75 Å². The quantitative estimate of drug-likeness (QED) is 0.482. The zero-order chi connectivity index (χ0) is 15.8. The summed E-state index contributed by atoms with van der Waals surface area (Å²) in [6.45, 7) is 0.158. The molecule has 1 atom stereocenters. The van der Waals surface area contributed by atoms with E-state index in [2.05, 4.69) is 0 Å². The first-order valence-corrected chi connectivity index (χ1v) is 7.47. The summed E-state index contributed by atoms with van der Waals surface area (Å²) in [5, 5.41) is 9.32. The maximum atomic E-state index is 11.9. The van der Waals surface area contributed by atoms with E-state index < -0.39 is 6.10 Å². The smallest absolute Gasteiger partial charge is 0.185 e. The number of carbonyl (C=O) groups excluding carboxylic acids is 1. The summed E-state index contributed by atoms with van der Waals surface area (Å²) < 4.78 is 5.38. The highest BCUT2D eigenvalue weighted by Gasteiger charge is 2.03. The maximum Gasteiger partial charge on any atom is 0.185 e.